The monoisotopic (exact) mass is 219 g/mol. The third-order valence-corrected chi connectivity index (χ3v) is 4.09. The Kier molecular flexibility index (Phi) is 5.22. The van der Waals surface area contributed by atoms with E-state index in [9.17, 15) is 0 Å². The second-order valence-electron chi connectivity index (χ2n) is 3.77. The SMILES string of the molecule is CC(C)C1CN(C/C=C/Cl)CCS1. The summed E-state index contributed by atoms with van der Waals surface area (Å²) in [5.41, 5.74) is 1.62. The Morgan fingerprint density at radius 3 is 3.00 bits per heavy atom. The van der Waals surface area contributed by atoms with E-state index >= 15 is 0 Å². The molecule has 0 aliphatic carbocycles. The Bertz CT molecular complexity index is 170. The van der Waals surface area contributed by atoms with E-state index < -0.39 is 0 Å². The first-order valence-electron chi connectivity index (χ1n) is 4.83. The van der Waals surface area contributed by atoms with Crippen LogP contribution in [0.4, 0.5) is 0 Å². The third kappa shape index (κ3) is 3.92. The molecule has 0 amide bonds. The Morgan fingerprint density at radius 2 is 2.38 bits per heavy atom. The standard InChI is InChI=1S/C10H18ClNS/c1-9(2)10-8-12(5-3-4-11)6-7-13-10/h3-4,9-10H,5-8H2,1-2H3/b4-3+. The zero-order valence-electron chi connectivity index (χ0n) is 8.37. The van der Waals surface area contributed by atoms with E-state index in [0.717, 1.165) is 17.7 Å². The molecule has 0 saturated carbocycles. The van der Waals surface area contributed by atoms with E-state index in [1.807, 2.05) is 6.08 Å². The van der Waals surface area contributed by atoms with Gasteiger partial charge >= 0.3 is 0 Å². The van der Waals surface area contributed by atoms with Gasteiger partial charge in [0.15, 0.2) is 0 Å². The second-order valence-corrected chi connectivity index (χ2v) is 5.37. The average Bonchev–Trinajstić information content (AvgIpc) is 2.15. The van der Waals surface area contributed by atoms with Crippen LogP contribution < -0.4 is 0 Å². The zero-order valence-corrected chi connectivity index (χ0v) is 9.94. The van der Waals surface area contributed by atoms with Crippen LogP contribution >= 0.6 is 23.4 Å². The summed E-state index contributed by atoms with van der Waals surface area (Å²) in [6, 6.07) is 0. The molecule has 1 rings (SSSR count). The lowest BCUT2D eigenvalue weighted by atomic mass is 10.1. The minimum Gasteiger partial charge on any atom is -0.298 e. The van der Waals surface area contributed by atoms with Crippen LogP contribution in [0.1, 0.15) is 13.8 Å². The van der Waals surface area contributed by atoms with Gasteiger partial charge < -0.3 is 0 Å². The summed E-state index contributed by atoms with van der Waals surface area (Å²) in [5, 5.41) is 0.803. The lowest BCUT2D eigenvalue weighted by Crippen LogP contribution is -2.39. The number of halogens is 1. The highest BCUT2D eigenvalue weighted by atomic mass is 35.5. The lowest BCUT2D eigenvalue weighted by Gasteiger charge is -2.33. The molecule has 0 aromatic heterocycles. The fraction of sp³-hybridized carbons (Fsp3) is 0.800. The summed E-state index contributed by atoms with van der Waals surface area (Å²) in [6.45, 7) is 8.03. The molecule has 0 radical (unpaired) electrons. The Balaban J connectivity index is 2.33. The molecule has 1 heterocycles. The highest BCUT2D eigenvalue weighted by molar-refractivity contribution is 8.00. The van der Waals surface area contributed by atoms with Crippen molar-refractivity contribution in [1.82, 2.24) is 4.90 Å². The first kappa shape index (κ1) is 11.4. The smallest absolute Gasteiger partial charge is 0.0198 e. The highest BCUT2D eigenvalue weighted by Gasteiger charge is 2.21. The lowest BCUT2D eigenvalue weighted by molar-refractivity contribution is 0.295. The molecule has 1 aliphatic heterocycles. The normalized spacial score (nSPS) is 26.0. The van der Waals surface area contributed by atoms with Crippen LogP contribution in [0.3, 0.4) is 0 Å². The molecule has 3 heteroatoms. The van der Waals surface area contributed by atoms with Crippen molar-refractivity contribution in [2.45, 2.75) is 19.1 Å². The minimum atomic E-state index is 0.785. The molecule has 13 heavy (non-hydrogen) atoms. The van der Waals surface area contributed by atoms with Crippen molar-refractivity contribution in [2.75, 3.05) is 25.4 Å². The van der Waals surface area contributed by atoms with Gasteiger partial charge in [-0.3, -0.25) is 4.90 Å². The fourth-order valence-corrected chi connectivity index (χ4v) is 2.94. The van der Waals surface area contributed by atoms with Crippen molar-refractivity contribution in [1.29, 1.82) is 0 Å². The molecule has 1 fully saturated rings. The Morgan fingerprint density at radius 1 is 1.62 bits per heavy atom. The van der Waals surface area contributed by atoms with Gasteiger partial charge in [-0.1, -0.05) is 31.5 Å². The molecule has 0 N–H and O–H groups in total. The molecule has 0 aromatic carbocycles. The van der Waals surface area contributed by atoms with Crippen LogP contribution in [0.25, 0.3) is 0 Å². The van der Waals surface area contributed by atoms with E-state index in [-0.39, 0.29) is 0 Å². The van der Waals surface area contributed by atoms with E-state index in [1.54, 1.807) is 5.54 Å². The van der Waals surface area contributed by atoms with Crippen LogP contribution in [0, 0.1) is 5.92 Å². The summed E-state index contributed by atoms with van der Waals surface area (Å²) in [5.74, 6) is 2.05. The van der Waals surface area contributed by atoms with Gasteiger partial charge in [0.1, 0.15) is 0 Å². The summed E-state index contributed by atoms with van der Waals surface area (Å²) >= 11 is 7.62. The largest absolute Gasteiger partial charge is 0.298 e. The number of nitrogens with zero attached hydrogens (tertiary/aromatic N) is 1. The molecule has 1 unspecified atom stereocenters. The van der Waals surface area contributed by atoms with Crippen molar-refractivity contribution in [3.63, 3.8) is 0 Å². The summed E-state index contributed by atoms with van der Waals surface area (Å²) in [6.07, 6.45) is 2.02. The fourth-order valence-electron chi connectivity index (χ4n) is 1.49. The van der Waals surface area contributed by atoms with Crippen molar-refractivity contribution in [3.05, 3.63) is 11.6 Å². The van der Waals surface area contributed by atoms with E-state index in [2.05, 4.69) is 30.5 Å². The minimum absolute atomic E-state index is 0.785. The maximum Gasteiger partial charge on any atom is 0.0198 e. The van der Waals surface area contributed by atoms with Gasteiger partial charge in [-0.2, -0.15) is 11.8 Å². The predicted molar refractivity (Wildman–Crippen MR) is 62.5 cm³/mol. The van der Waals surface area contributed by atoms with Crippen molar-refractivity contribution < 1.29 is 0 Å². The zero-order chi connectivity index (χ0) is 9.68. The molecule has 1 saturated heterocycles. The first-order chi connectivity index (χ1) is 6.24. The van der Waals surface area contributed by atoms with Crippen molar-refractivity contribution in [2.24, 2.45) is 5.92 Å². The van der Waals surface area contributed by atoms with E-state index in [0.29, 0.717) is 0 Å². The maximum absolute atomic E-state index is 5.51. The molecule has 0 spiro atoms. The van der Waals surface area contributed by atoms with Crippen LogP contribution in [0.2, 0.25) is 0 Å². The molecule has 1 atom stereocenters. The van der Waals surface area contributed by atoms with Gasteiger partial charge in [-0.25, -0.2) is 0 Å². The van der Waals surface area contributed by atoms with Gasteiger partial charge in [0.25, 0.3) is 0 Å². The summed E-state index contributed by atoms with van der Waals surface area (Å²) in [4.78, 5) is 2.47. The molecular formula is C10H18ClNS. The van der Waals surface area contributed by atoms with Crippen LogP contribution in [0.15, 0.2) is 11.6 Å². The topological polar surface area (TPSA) is 3.24 Å². The Labute approximate surface area is 90.5 Å². The molecule has 1 nitrogen and oxygen atoms in total. The summed E-state index contributed by atoms with van der Waals surface area (Å²) < 4.78 is 0. The quantitative estimate of drug-likeness (QED) is 0.718. The number of rotatable bonds is 3. The predicted octanol–water partition coefficient (Wildman–Crippen LogP) is 2.81. The number of thioether (sulfide) groups is 1. The third-order valence-electron chi connectivity index (χ3n) is 2.37. The van der Waals surface area contributed by atoms with Gasteiger partial charge in [0.2, 0.25) is 0 Å². The summed E-state index contributed by atoms with van der Waals surface area (Å²) in [7, 11) is 0. The highest BCUT2D eigenvalue weighted by Crippen LogP contribution is 2.24. The second kappa shape index (κ2) is 5.94. The van der Waals surface area contributed by atoms with Gasteiger partial charge in [-0.15, -0.1) is 0 Å². The van der Waals surface area contributed by atoms with Gasteiger partial charge in [0.05, 0.1) is 0 Å². The molecule has 0 aromatic rings. The van der Waals surface area contributed by atoms with Crippen molar-refractivity contribution in [3.8, 4) is 0 Å². The maximum atomic E-state index is 5.51. The van der Waals surface area contributed by atoms with Crippen LogP contribution in [-0.4, -0.2) is 35.5 Å². The van der Waals surface area contributed by atoms with Gasteiger partial charge in [0, 0.05) is 36.2 Å². The van der Waals surface area contributed by atoms with Crippen molar-refractivity contribution >= 4 is 23.4 Å². The number of hydrogen-bond donors (Lipinski definition) is 0. The first-order valence-corrected chi connectivity index (χ1v) is 6.31. The van der Waals surface area contributed by atoms with Crippen LogP contribution in [0.5, 0.6) is 0 Å². The molecular weight excluding hydrogens is 202 g/mol. The Hall–Kier alpha value is 0.340. The van der Waals surface area contributed by atoms with E-state index in [4.69, 9.17) is 11.6 Å². The molecule has 0 bridgehead atoms. The van der Waals surface area contributed by atoms with Crippen LogP contribution in [-0.2, 0) is 0 Å². The molecule has 1 aliphatic rings. The number of hydrogen-bond acceptors (Lipinski definition) is 2. The van der Waals surface area contributed by atoms with Gasteiger partial charge in [-0.05, 0) is 5.92 Å². The average molecular weight is 220 g/mol. The molecule has 76 valence electrons. The van der Waals surface area contributed by atoms with E-state index in [1.165, 1.54) is 18.8 Å².